The number of thioether (sulfide) groups is 1. The highest BCUT2D eigenvalue weighted by Gasteiger charge is 2.33. The summed E-state index contributed by atoms with van der Waals surface area (Å²) in [6, 6.07) is 2.10. The molecule has 0 N–H and O–H groups in total. The highest BCUT2D eigenvalue weighted by atomic mass is 32.2. The van der Waals surface area contributed by atoms with Crippen LogP contribution in [0.4, 0.5) is 5.82 Å². The Morgan fingerprint density at radius 2 is 1.91 bits per heavy atom. The number of anilines is 1. The van der Waals surface area contributed by atoms with Gasteiger partial charge in [-0.05, 0) is 38.5 Å². The van der Waals surface area contributed by atoms with Gasteiger partial charge in [0.25, 0.3) is 11.5 Å². The first kappa shape index (κ1) is 25.4. The van der Waals surface area contributed by atoms with Crippen LogP contribution in [0.3, 0.4) is 0 Å². The van der Waals surface area contributed by atoms with Gasteiger partial charge in [0.05, 0.1) is 4.91 Å². The number of hydrogen-bond acceptors (Lipinski definition) is 8. The molecule has 0 aromatic carbocycles. The number of rotatable bonds is 8. The molecule has 2 aliphatic rings. The first-order valence-corrected chi connectivity index (χ1v) is 12.4. The van der Waals surface area contributed by atoms with Crippen molar-refractivity contribution in [3.8, 4) is 6.07 Å². The first-order valence-electron chi connectivity index (χ1n) is 11.2. The van der Waals surface area contributed by atoms with E-state index in [9.17, 15) is 14.9 Å². The summed E-state index contributed by atoms with van der Waals surface area (Å²) in [6.07, 6.45) is 3.28. The Balaban J connectivity index is 2.13. The molecule has 10 heteroatoms. The molecule has 0 radical (unpaired) electrons. The Morgan fingerprint density at radius 3 is 2.52 bits per heavy atom. The number of ether oxygens (including phenoxy) is 1. The molecule has 1 aromatic heterocycles. The SMILES string of the molecule is CCCn1c(N2CCN(C)CC2)c(/C=C2/SC(=S)N(CCCOC)C2=O)c(C)c(C#N)c1=O. The Morgan fingerprint density at radius 1 is 1.21 bits per heavy atom. The lowest BCUT2D eigenvalue weighted by atomic mass is 10.0. The van der Waals surface area contributed by atoms with E-state index in [1.54, 1.807) is 23.5 Å². The van der Waals surface area contributed by atoms with E-state index in [1.165, 1.54) is 11.8 Å². The second-order valence-corrected chi connectivity index (χ2v) is 9.95. The molecule has 0 spiro atoms. The van der Waals surface area contributed by atoms with Crippen LogP contribution in [-0.4, -0.2) is 78.1 Å². The fourth-order valence-corrected chi connectivity index (χ4v) is 5.42. The van der Waals surface area contributed by atoms with Crippen molar-refractivity contribution in [1.82, 2.24) is 14.4 Å². The summed E-state index contributed by atoms with van der Waals surface area (Å²) < 4.78 is 7.33. The maximum absolute atomic E-state index is 13.2. The van der Waals surface area contributed by atoms with Gasteiger partial charge in [0, 0.05) is 58.5 Å². The minimum absolute atomic E-state index is 0.128. The molecule has 178 valence electrons. The van der Waals surface area contributed by atoms with Crippen molar-refractivity contribution in [2.75, 3.05) is 58.4 Å². The highest BCUT2D eigenvalue weighted by Crippen LogP contribution is 2.36. The van der Waals surface area contributed by atoms with E-state index in [0.29, 0.717) is 40.9 Å². The molecule has 0 unspecified atom stereocenters. The predicted octanol–water partition coefficient (Wildman–Crippen LogP) is 2.43. The Labute approximate surface area is 204 Å². The molecule has 0 atom stereocenters. The van der Waals surface area contributed by atoms with Gasteiger partial charge in [-0.2, -0.15) is 5.26 Å². The zero-order valence-electron chi connectivity index (χ0n) is 19.7. The van der Waals surface area contributed by atoms with Crippen LogP contribution >= 0.6 is 24.0 Å². The lowest BCUT2D eigenvalue weighted by Gasteiger charge is -2.36. The topological polar surface area (TPSA) is 81.8 Å². The zero-order valence-corrected chi connectivity index (χ0v) is 21.4. The number of aromatic nitrogens is 1. The second kappa shape index (κ2) is 11.3. The van der Waals surface area contributed by atoms with Crippen molar-refractivity contribution in [3.63, 3.8) is 0 Å². The van der Waals surface area contributed by atoms with Crippen LogP contribution in [-0.2, 0) is 16.1 Å². The fourth-order valence-electron chi connectivity index (χ4n) is 4.13. The number of carbonyl (C=O) groups excluding carboxylic acids is 1. The smallest absolute Gasteiger partial charge is 0.270 e. The summed E-state index contributed by atoms with van der Waals surface area (Å²) in [6.45, 7) is 8.65. The number of piperazine rings is 1. The zero-order chi connectivity index (χ0) is 24.1. The van der Waals surface area contributed by atoms with E-state index in [2.05, 4.69) is 22.9 Å². The quantitative estimate of drug-likeness (QED) is 0.313. The van der Waals surface area contributed by atoms with Gasteiger partial charge in [0.15, 0.2) is 0 Å². The number of pyridine rings is 1. The lowest BCUT2D eigenvalue weighted by molar-refractivity contribution is -0.122. The molecular weight excluding hydrogens is 458 g/mol. The van der Waals surface area contributed by atoms with Gasteiger partial charge in [0.2, 0.25) is 0 Å². The third kappa shape index (κ3) is 5.32. The lowest BCUT2D eigenvalue weighted by Crippen LogP contribution is -2.47. The van der Waals surface area contributed by atoms with Crippen molar-refractivity contribution in [1.29, 1.82) is 5.26 Å². The van der Waals surface area contributed by atoms with E-state index in [-0.39, 0.29) is 17.0 Å². The van der Waals surface area contributed by atoms with Crippen molar-refractivity contribution in [2.24, 2.45) is 0 Å². The summed E-state index contributed by atoms with van der Waals surface area (Å²) in [5, 5.41) is 9.75. The number of amides is 1. The van der Waals surface area contributed by atoms with Crippen molar-refractivity contribution >= 4 is 46.1 Å². The Bertz CT molecular complexity index is 1050. The van der Waals surface area contributed by atoms with Gasteiger partial charge in [-0.3, -0.25) is 19.1 Å². The van der Waals surface area contributed by atoms with E-state index in [0.717, 1.165) is 44.0 Å². The molecule has 0 bridgehead atoms. The van der Waals surface area contributed by atoms with Crippen LogP contribution in [0.25, 0.3) is 6.08 Å². The van der Waals surface area contributed by atoms with Crippen LogP contribution in [0.2, 0.25) is 0 Å². The predicted molar refractivity (Wildman–Crippen MR) is 137 cm³/mol. The summed E-state index contributed by atoms with van der Waals surface area (Å²) in [5.74, 6) is 0.646. The maximum Gasteiger partial charge on any atom is 0.270 e. The minimum atomic E-state index is -0.268. The van der Waals surface area contributed by atoms with E-state index < -0.39 is 0 Å². The minimum Gasteiger partial charge on any atom is -0.385 e. The molecule has 33 heavy (non-hydrogen) atoms. The molecule has 0 saturated carbocycles. The van der Waals surface area contributed by atoms with E-state index in [4.69, 9.17) is 17.0 Å². The van der Waals surface area contributed by atoms with Crippen molar-refractivity contribution in [3.05, 3.63) is 31.9 Å². The number of thiocarbonyl (C=S) groups is 1. The second-order valence-electron chi connectivity index (χ2n) is 8.28. The summed E-state index contributed by atoms with van der Waals surface area (Å²) in [4.78, 5) is 32.9. The highest BCUT2D eigenvalue weighted by molar-refractivity contribution is 8.26. The number of methoxy groups -OCH3 is 1. The average molecular weight is 490 g/mol. The van der Waals surface area contributed by atoms with Gasteiger partial charge >= 0.3 is 0 Å². The molecule has 1 aromatic rings. The van der Waals surface area contributed by atoms with Crippen LogP contribution in [0.5, 0.6) is 0 Å². The average Bonchev–Trinajstić information content (AvgIpc) is 3.06. The van der Waals surface area contributed by atoms with Gasteiger partial charge in [-0.25, -0.2) is 0 Å². The number of carbonyl (C=O) groups is 1. The molecule has 3 rings (SSSR count). The number of likely N-dealkylation sites (N-methyl/N-ethyl adjacent to an activating group) is 1. The van der Waals surface area contributed by atoms with Gasteiger partial charge in [0.1, 0.15) is 21.8 Å². The molecule has 0 aliphatic carbocycles. The molecule has 2 fully saturated rings. The fraction of sp³-hybridized carbons (Fsp3) is 0.565. The standard InChI is InChI=1S/C23H31N5O3S2/c1-5-7-27-20(26-11-9-25(3)10-12-26)17(16(2)18(15-24)21(27)29)14-19-22(30)28(23(32)33-19)8-6-13-31-4/h14H,5-13H2,1-4H3/b19-14+. The molecular formula is C23H31N5O3S2. The first-order chi connectivity index (χ1) is 15.8. The maximum atomic E-state index is 13.2. The Kier molecular flexibility index (Phi) is 8.70. The van der Waals surface area contributed by atoms with Crippen LogP contribution in [0, 0.1) is 18.3 Å². The van der Waals surface area contributed by atoms with Crippen LogP contribution < -0.4 is 10.5 Å². The third-order valence-corrected chi connectivity index (χ3v) is 7.35. The van der Waals surface area contributed by atoms with Crippen molar-refractivity contribution in [2.45, 2.75) is 33.2 Å². The van der Waals surface area contributed by atoms with Gasteiger partial charge in [-0.15, -0.1) is 0 Å². The number of hydrogen-bond donors (Lipinski definition) is 0. The van der Waals surface area contributed by atoms with E-state index >= 15 is 0 Å². The van der Waals surface area contributed by atoms with Crippen molar-refractivity contribution < 1.29 is 9.53 Å². The normalized spacial score (nSPS) is 18.5. The number of nitriles is 1. The van der Waals surface area contributed by atoms with E-state index in [1.807, 2.05) is 13.0 Å². The number of nitrogens with zero attached hydrogens (tertiary/aromatic N) is 5. The molecule has 2 aliphatic heterocycles. The van der Waals surface area contributed by atoms with Crippen LogP contribution in [0.1, 0.15) is 36.5 Å². The molecule has 3 heterocycles. The van der Waals surface area contributed by atoms with Crippen LogP contribution in [0.15, 0.2) is 9.70 Å². The molecule has 8 nitrogen and oxygen atoms in total. The monoisotopic (exact) mass is 489 g/mol. The Hall–Kier alpha value is -2.19. The largest absolute Gasteiger partial charge is 0.385 e. The molecule has 1 amide bonds. The van der Waals surface area contributed by atoms with Gasteiger partial charge < -0.3 is 14.5 Å². The summed E-state index contributed by atoms with van der Waals surface area (Å²) in [5.41, 5.74) is 1.22. The molecule has 2 saturated heterocycles. The van der Waals surface area contributed by atoms with Gasteiger partial charge in [-0.1, -0.05) is 30.9 Å². The summed E-state index contributed by atoms with van der Waals surface area (Å²) >= 11 is 6.73. The third-order valence-electron chi connectivity index (χ3n) is 5.98. The summed E-state index contributed by atoms with van der Waals surface area (Å²) in [7, 11) is 3.71.